The maximum Gasteiger partial charge on any atom is 0.305 e. The molecular formula is C16H24N4O4. The van der Waals surface area contributed by atoms with Crippen LogP contribution in [0.15, 0.2) is 24.3 Å². The lowest BCUT2D eigenvalue weighted by atomic mass is 10.1. The summed E-state index contributed by atoms with van der Waals surface area (Å²) in [5, 5.41) is 13.7. The van der Waals surface area contributed by atoms with Gasteiger partial charge in [0.1, 0.15) is 0 Å². The van der Waals surface area contributed by atoms with Crippen molar-refractivity contribution in [1.82, 2.24) is 5.32 Å². The lowest BCUT2D eigenvalue weighted by Crippen LogP contribution is -2.35. The number of carbonyl (C=O) groups is 3. The Kier molecular flexibility index (Phi) is 8.45. The van der Waals surface area contributed by atoms with Crippen LogP contribution in [0.5, 0.6) is 0 Å². The van der Waals surface area contributed by atoms with Gasteiger partial charge in [0.05, 0.1) is 12.5 Å². The average Bonchev–Trinajstić information content (AvgIpc) is 2.54. The molecular weight excluding hydrogens is 312 g/mol. The second-order valence-corrected chi connectivity index (χ2v) is 5.36. The van der Waals surface area contributed by atoms with Crippen LogP contribution < -0.4 is 22.1 Å². The molecule has 1 atom stereocenters. The van der Waals surface area contributed by atoms with E-state index >= 15 is 0 Å². The Balaban J connectivity index is 2.56. The number of unbranched alkanes of at least 4 members (excludes halogenated alkanes) is 1. The second-order valence-electron chi connectivity index (χ2n) is 5.36. The van der Waals surface area contributed by atoms with Gasteiger partial charge in [-0.15, -0.1) is 0 Å². The summed E-state index contributed by atoms with van der Waals surface area (Å²) in [6.07, 6.45) is 1.97. The van der Waals surface area contributed by atoms with Crippen LogP contribution in [0.4, 0.5) is 5.69 Å². The van der Waals surface area contributed by atoms with Crippen LogP contribution in [-0.4, -0.2) is 42.0 Å². The Bertz CT molecular complexity index is 577. The van der Waals surface area contributed by atoms with Gasteiger partial charge >= 0.3 is 5.97 Å². The molecule has 0 bridgehead atoms. The highest BCUT2D eigenvalue weighted by molar-refractivity contribution is 5.98. The molecule has 1 rings (SSSR count). The number of nitrogens with two attached hydrogens (primary N) is 2. The fourth-order valence-electron chi connectivity index (χ4n) is 2.00. The lowest BCUT2D eigenvalue weighted by Gasteiger charge is -2.12. The summed E-state index contributed by atoms with van der Waals surface area (Å²) in [6, 6.07) is 5.73. The predicted octanol–water partition coefficient (Wildman–Crippen LogP) is 0.286. The second kappa shape index (κ2) is 10.3. The molecule has 0 saturated heterocycles. The Labute approximate surface area is 140 Å². The van der Waals surface area contributed by atoms with Crippen molar-refractivity contribution in [1.29, 1.82) is 0 Å². The first-order valence-electron chi connectivity index (χ1n) is 7.80. The third-order valence-electron chi connectivity index (χ3n) is 3.32. The zero-order valence-corrected chi connectivity index (χ0v) is 13.5. The van der Waals surface area contributed by atoms with Gasteiger partial charge in [-0.3, -0.25) is 14.4 Å². The largest absolute Gasteiger partial charge is 0.481 e. The van der Waals surface area contributed by atoms with Gasteiger partial charge in [-0.2, -0.15) is 0 Å². The van der Waals surface area contributed by atoms with Gasteiger partial charge in [0, 0.05) is 17.8 Å². The SMILES string of the molecule is NCCCC[C@H](N)C(=O)Nc1cccc(C(=O)NCCC(=O)O)c1. The summed E-state index contributed by atoms with van der Waals surface area (Å²) in [4.78, 5) is 34.4. The van der Waals surface area contributed by atoms with Crippen LogP contribution in [0.1, 0.15) is 36.0 Å². The number of carboxylic acids is 1. The molecule has 1 aromatic rings. The van der Waals surface area contributed by atoms with Crippen LogP contribution in [0.3, 0.4) is 0 Å². The molecule has 0 aromatic heterocycles. The number of amides is 2. The average molecular weight is 336 g/mol. The number of hydrogen-bond donors (Lipinski definition) is 5. The van der Waals surface area contributed by atoms with Crippen molar-refractivity contribution in [3.8, 4) is 0 Å². The van der Waals surface area contributed by atoms with Crippen molar-refractivity contribution in [3.63, 3.8) is 0 Å². The molecule has 1 aromatic carbocycles. The number of hydrogen-bond acceptors (Lipinski definition) is 5. The Morgan fingerprint density at radius 1 is 1.21 bits per heavy atom. The lowest BCUT2D eigenvalue weighted by molar-refractivity contribution is -0.136. The van der Waals surface area contributed by atoms with Crippen LogP contribution in [0, 0.1) is 0 Å². The van der Waals surface area contributed by atoms with E-state index in [0.717, 1.165) is 12.8 Å². The van der Waals surface area contributed by atoms with E-state index in [4.69, 9.17) is 16.6 Å². The molecule has 24 heavy (non-hydrogen) atoms. The van der Waals surface area contributed by atoms with Crippen molar-refractivity contribution in [2.75, 3.05) is 18.4 Å². The van der Waals surface area contributed by atoms with Crippen LogP contribution in [0.25, 0.3) is 0 Å². The summed E-state index contributed by atoms with van der Waals surface area (Å²) < 4.78 is 0. The molecule has 0 radical (unpaired) electrons. The molecule has 0 aliphatic carbocycles. The van der Waals surface area contributed by atoms with E-state index < -0.39 is 17.9 Å². The van der Waals surface area contributed by atoms with Gasteiger partial charge in [-0.05, 0) is 37.6 Å². The number of benzene rings is 1. The maximum atomic E-state index is 12.0. The monoisotopic (exact) mass is 336 g/mol. The number of nitrogens with one attached hydrogen (secondary N) is 2. The first kappa shape index (κ1) is 19.6. The minimum absolute atomic E-state index is 0.0385. The van der Waals surface area contributed by atoms with Crippen molar-refractivity contribution in [2.24, 2.45) is 11.5 Å². The number of carboxylic acid groups (broad SMARTS) is 1. The van der Waals surface area contributed by atoms with E-state index in [9.17, 15) is 14.4 Å². The smallest absolute Gasteiger partial charge is 0.305 e. The van der Waals surface area contributed by atoms with E-state index in [0.29, 0.717) is 24.2 Å². The molecule has 8 heteroatoms. The third kappa shape index (κ3) is 7.21. The van der Waals surface area contributed by atoms with E-state index in [1.165, 1.54) is 6.07 Å². The van der Waals surface area contributed by atoms with Crippen molar-refractivity contribution in [2.45, 2.75) is 31.7 Å². The number of anilines is 1. The standard InChI is InChI=1S/C16H24N4O4/c17-8-2-1-6-13(18)16(24)20-12-5-3-4-11(10-12)15(23)19-9-7-14(21)22/h3-5,10,13H,1-2,6-9,17-18H2,(H,19,23)(H,20,24)(H,21,22)/t13-/m0/s1. The molecule has 0 heterocycles. The van der Waals surface area contributed by atoms with Gasteiger partial charge in [0.2, 0.25) is 5.91 Å². The molecule has 0 unspecified atom stereocenters. The van der Waals surface area contributed by atoms with Gasteiger partial charge in [-0.1, -0.05) is 12.5 Å². The number of aliphatic carboxylic acids is 1. The summed E-state index contributed by atoms with van der Waals surface area (Å²) >= 11 is 0. The highest BCUT2D eigenvalue weighted by atomic mass is 16.4. The number of rotatable bonds is 10. The topological polar surface area (TPSA) is 148 Å². The van der Waals surface area contributed by atoms with Gasteiger partial charge in [0.25, 0.3) is 5.91 Å². The molecule has 0 spiro atoms. The maximum absolute atomic E-state index is 12.0. The zero-order valence-electron chi connectivity index (χ0n) is 13.5. The minimum Gasteiger partial charge on any atom is -0.481 e. The molecule has 132 valence electrons. The Morgan fingerprint density at radius 3 is 2.62 bits per heavy atom. The molecule has 0 fully saturated rings. The third-order valence-corrected chi connectivity index (χ3v) is 3.32. The van der Waals surface area contributed by atoms with E-state index in [2.05, 4.69) is 10.6 Å². The molecule has 0 aliphatic rings. The fraction of sp³-hybridized carbons (Fsp3) is 0.438. The highest BCUT2D eigenvalue weighted by Gasteiger charge is 2.14. The van der Waals surface area contributed by atoms with E-state index in [1.807, 2.05) is 0 Å². The Hall–Kier alpha value is -2.45. The van der Waals surface area contributed by atoms with Crippen LogP contribution >= 0.6 is 0 Å². The van der Waals surface area contributed by atoms with Crippen LogP contribution in [-0.2, 0) is 9.59 Å². The van der Waals surface area contributed by atoms with Crippen molar-refractivity contribution in [3.05, 3.63) is 29.8 Å². The molecule has 7 N–H and O–H groups in total. The predicted molar refractivity (Wildman–Crippen MR) is 90.5 cm³/mol. The first-order valence-corrected chi connectivity index (χ1v) is 7.80. The van der Waals surface area contributed by atoms with Gasteiger partial charge in [-0.25, -0.2) is 0 Å². The summed E-state index contributed by atoms with van der Waals surface area (Å²) in [5.41, 5.74) is 12.0. The zero-order chi connectivity index (χ0) is 17.9. The van der Waals surface area contributed by atoms with E-state index in [1.54, 1.807) is 18.2 Å². The summed E-state index contributed by atoms with van der Waals surface area (Å²) in [6.45, 7) is 0.601. The molecule has 0 aliphatic heterocycles. The summed E-state index contributed by atoms with van der Waals surface area (Å²) in [7, 11) is 0. The molecule has 0 saturated carbocycles. The van der Waals surface area contributed by atoms with Crippen molar-refractivity contribution >= 4 is 23.5 Å². The summed E-state index contributed by atoms with van der Waals surface area (Å²) in [5.74, 6) is -1.71. The van der Waals surface area contributed by atoms with Crippen molar-refractivity contribution < 1.29 is 19.5 Å². The van der Waals surface area contributed by atoms with Gasteiger partial charge in [0.15, 0.2) is 0 Å². The quantitative estimate of drug-likeness (QED) is 0.388. The number of carbonyl (C=O) groups excluding carboxylic acids is 2. The molecule has 8 nitrogen and oxygen atoms in total. The molecule has 2 amide bonds. The fourth-order valence-corrected chi connectivity index (χ4v) is 2.00. The first-order chi connectivity index (χ1) is 11.4. The Morgan fingerprint density at radius 2 is 1.96 bits per heavy atom. The highest BCUT2D eigenvalue weighted by Crippen LogP contribution is 2.12. The van der Waals surface area contributed by atoms with Crippen LogP contribution in [0.2, 0.25) is 0 Å². The normalized spacial score (nSPS) is 11.6. The van der Waals surface area contributed by atoms with E-state index in [-0.39, 0.29) is 18.9 Å². The minimum atomic E-state index is -0.986. The van der Waals surface area contributed by atoms with Gasteiger partial charge < -0.3 is 27.2 Å².